The van der Waals surface area contributed by atoms with E-state index in [2.05, 4.69) is 21.2 Å². The standard InChI is InChI=1S/C13H9BrFN3/c14-10-3-2-9(6-11(10)15)18-13-4-1-8(7-16)5-12(13)17/h1-6,18H,17H2. The van der Waals surface area contributed by atoms with Crippen LogP contribution in [0.1, 0.15) is 5.56 Å². The van der Waals surface area contributed by atoms with Crippen LogP contribution >= 0.6 is 15.9 Å². The van der Waals surface area contributed by atoms with Crippen molar-refractivity contribution >= 4 is 33.0 Å². The van der Waals surface area contributed by atoms with Gasteiger partial charge in [-0.2, -0.15) is 5.26 Å². The summed E-state index contributed by atoms with van der Waals surface area (Å²) < 4.78 is 13.7. The van der Waals surface area contributed by atoms with Gasteiger partial charge in [0.05, 0.1) is 27.5 Å². The second-order valence-electron chi connectivity index (χ2n) is 3.67. The van der Waals surface area contributed by atoms with Crippen LogP contribution in [0.5, 0.6) is 0 Å². The Kier molecular flexibility index (Phi) is 3.49. The molecule has 2 rings (SSSR count). The molecule has 3 N–H and O–H groups in total. The van der Waals surface area contributed by atoms with Crippen LogP contribution in [0, 0.1) is 17.1 Å². The summed E-state index contributed by atoms with van der Waals surface area (Å²) in [5.74, 6) is -0.354. The van der Waals surface area contributed by atoms with Crippen LogP contribution in [-0.4, -0.2) is 0 Å². The Labute approximate surface area is 112 Å². The molecule has 0 heterocycles. The zero-order valence-corrected chi connectivity index (χ0v) is 10.8. The molecule has 0 aliphatic carbocycles. The first-order valence-electron chi connectivity index (χ1n) is 5.12. The molecule has 0 unspecified atom stereocenters. The van der Waals surface area contributed by atoms with Crippen molar-refractivity contribution in [1.29, 1.82) is 5.26 Å². The Bertz CT molecular complexity index is 635. The number of nitrogen functional groups attached to an aromatic ring is 1. The van der Waals surface area contributed by atoms with Crippen LogP contribution in [-0.2, 0) is 0 Å². The molecular weight excluding hydrogens is 297 g/mol. The van der Waals surface area contributed by atoms with Gasteiger partial charge in [-0.15, -0.1) is 0 Å². The number of benzene rings is 2. The predicted molar refractivity (Wildman–Crippen MR) is 73.0 cm³/mol. The van der Waals surface area contributed by atoms with Crippen LogP contribution < -0.4 is 11.1 Å². The Hall–Kier alpha value is -2.06. The van der Waals surface area contributed by atoms with Crippen LogP contribution in [0.4, 0.5) is 21.5 Å². The molecule has 0 amide bonds. The lowest BCUT2D eigenvalue weighted by molar-refractivity contribution is 0.622. The molecule has 0 saturated carbocycles. The van der Waals surface area contributed by atoms with Crippen molar-refractivity contribution in [2.45, 2.75) is 0 Å². The number of rotatable bonds is 2. The number of anilines is 3. The fraction of sp³-hybridized carbons (Fsp3) is 0. The summed E-state index contributed by atoms with van der Waals surface area (Å²) in [4.78, 5) is 0. The van der Waals surface area contributed by atoms with Crippen molar-refractivity contribution in [2.75, 3.05) is 11.1 Å². The van der Waals surface area contributed by atoms with Gasteiger partial charge in [0.15, 0.2) is 0 Å². The van der Waals surface area contributed by atoms with Crippen LogP contribution in [0.2, 0.25) is 0 Å². The second-order valence-corrected chi connectivity index (χ2v) is 4.52. The van der Waals surface area contributed by atoms with E-state index in [1.54, 1.807) is 30.3 Å². The van der Waals surface area contributed by atoms with E-state index in [0.717, 1.165) is 0 Å². The quantitative estimate of drug-likeness (QED) is 0.830. The second kappa shape index (κ2) is 5.07. The van der Waals surface area contributed by atoms with Crippen molar-refractivity contribution in [3.05, 3.63) is 52.3 Å². The third kappa shape index (κ3) is 2.60. The van der Waals surface area contributed by atoms with Gasteiger partial charge >= 0.3 is 0 Å². The van der Waals surface area contributed by atoms with Gasteiger partial charge in [0.25, 0.3) is 0 Å². The van der Waals surface area contributed by atoms with Crippen molar-refractivity contribution < 1.29 is 4.39 Å². The molecule has 0 aliphatic rings. The number of nitriles is 1. The van der Waals surface area contributed by atoms with E-state index in [-0.39, 0.29) is 5.82 Å². The maximum absolute atomic E-state index is 13.3. The number of hydrogen-bond acceptors (Lipinski definition) is 3. The third-order valence-electron chi connectivity index (χ3n) is 2.38. The van der Waals surface area contributed by atoms with Gasteiger partial charge in [-0.1, -0.05) is 0 Å². The SMILES string of the molecule is N#Cc1ccc(Nc2ccc(Br)c(F)c2)c(N)c1. The van der Waals surface area contributed by atoms with E-state index in [9.17, 15) is 4.39 Å². The first-order valence-corrected chi connectivity index (χ1v) is 5.91. The van der Waals surface area contributed by atoms with Gasteiger partial charge in [-0.25, -0.2) is 4.39 Å². The lowest BCUT2D eigenvalue weighted by atomic mass is 10.2. The highest BCUT2D eigenvalue weighted by atomic mass is 79.9. The normalized spacial score (nSPS) is 9.83. The summed E-state index contributed by atoms with van der Waals surface area (Å²) >= 11 is 3.08. The van der Waals surface area contributed by atoms with E-state index in [1.165, 1.54) is 6.07 Å². The van der Waals surface area contributed by atoms with Crippen molar-refractivity contribution in [2.24, 2.45) is 0 Å². The van der Waals surface area contributed by atoms with Crippen LogP contribution in [0.25, 0.3) is 0 Å². The first-order chi connectivity index (χ1) is 8.60. The van der Waals surface area contributed by atoms with E-state index in [4.69, 9.17) is 11.0 Å². The van der Waals surface area contributed by atoms with Crippen molar-refractivity contribution in [1.82, 2.24) is 0 Å². The molecule has 0 radical (unpaired) electrons. The van der Waals surface area contributed by atoms with Gasteiger partial charge in [-0.3, -0.25) is 0 Å². The third-order valence-corrected chi connectivity index (χ3v) is 3.02. The Balaban J connectivity index is 2.29. The molecule has 5 heteroatoms. The number of nitrogens with two attached hydrogens (primary N) is 1. The average molecular weight is 306 g/mol. The van der Waals surface area contributed by atoms with E-state index in [1.807, 2.05) is 6.07 Å². The van der Waals surface area contributed by atoms with Gasteiger partial charge in [0, 0.05) is 5.69 Å². The maximum Gasteiger partial charge on any atom is 0.139 e. The highest BCUT2D eigenvalue weighted by Gasteiger charge is 2.04. The molecular formula is C13H9BrFN3. The minimum atomic E-state index is -0.354. The summed E-state index contributed by atoms with van der Waals surface area (Å²) in [6, 6.07) is 11.6. The number of halogens is 2. The van der Waals surface area contributed by atoms with Gasteiger partial charge in [0.1, 0.15) is 5.82 Å². The zero-order valence-electron chi connectivity index (χ0n) is 9.24. The Morgan fingerprint density at radius 2 is 2.00 bits per heavy atom. The summed E-state index contributed by atoms with van der Waals surface area (Å²) in [6.45, 7) is 0. The lowest BCUT2D eigenvalue weighted by Crippen LogP contribution is -1.97. The zero-order chi connectivity index (χ0) is 13.1. The molecule has 0 atom stereocenters. The molecule has 18 heavy (non-hydrogen) atoms. The Morgan fingerprint density at radius 1 is 1.22 bits per heavy atom. The lowest BCUT2D eigenvalue weighted by Gasteiger charge is -2.10. The Morgan fingerprint density at radius 3 is 2.61 bits per heavy atom. The van der Waals surface area contributed by atoms with Crippen molar-refractivity contribution in [3.63, 3.8) is 0 Å². The monoisotopic (exact) mass is 305 g/mol. The summed E-state index contributed by atoms with van der Waals surface area (Å²) in [7, 11) is 0. The highest BCUT2D eigenvalue weighted by Crippen LogP contribution is 2.26. The summed E-state index contributed by atoms with van der Waals surface area (Å²) in [6.07, 6.45) is 0. The predicted octanol–water partition coefficient (Wildman–Crippen LogP) is 3.79. The topological polar surface area (TPSA) is 61.8 Å². The fourth-order valence-electron chi connectivity index (χ4n) is 1.48. The fourth-order valence-corrected chi connectivity index (χ4v) is 1.72. The van der Waals surface area contributed by atoms with Gasteiger partial charge < -0.3 is 11.1 Å². The molecule has 0 spiro atoms. The minimum Gasteiger partial charge on any atom is -0.397 e. The number of nitrogens with zero attached hydrogens (tertiary/aromatic N) is 1. The van der Waals surface area contributed by atoms with E-state index in [0.29, 0.717) is 27.1 Å². The molecule has 2 aromatic rings. The average Bonchev–Trinajstić information content (AvgIpc) is 2.36. The molecule has 3 nitrogen and oxygen atoms in total. The minimum absolute atomic E-state index is 0.354. The summed E-state index contributed by atoms with van der Waals surface area (Å²) in [5.41, 5.74) is 7.95. The molecule has 0 aliphatic heterocycles. The molecule has 0 saturated heterocycles. The number of hydrogen-bond donors (Lipinski definition) is 2. The first kappa shape index (κ1) is 12.4. The van der Waals surface area contributed by atoms with Gasteiger partial charge in [0.2, 0.25) is 0 Å². The van der Waals surface area contributed by atoms with E-state index >= 15 is 0 Å². The summed E-state index contributed by atoms with van der Waals surface area (Å²) in [5, 5.41) is 11.7. The van der Waals surface area contributed by atoms with Crippen molar-refractivity contribution in [3.8, 4) is 6.07 Å². The smallest absolute Gasteiger partial charge is 0.139 e. The molecule has 90 valence electrons. The molecule has 0 bridgehead atoms. The van der Waals surface area contributed by atoms with Crippen LogP contribution in [0.3, 0.4) is 0 Å². The molecule has 0 aromatic heterocycles. The number of nitrogens with one attached hydrogen (secondary N) is 1. The molecule has 2 aromatic carbocycles. The maximum atomic E-state index is 13.3. The van der Waals surface area contributed by atoms with Gasteiger partial charge in [-0.05, 0) is 52.3 Å². The van der Waals surface area contributed by atoms with Crippen LogP contribution in [0.15, 0.2) is 40.9 Å². The molecule has 0 fully saturated rings. The van der Waals surface area contributed by atoms with E-state index < -0.39 is 0 Å². The highest BCUT2D eigenvalue weighted by molar-refractivity contribution is 9.10. The largest absolute Gasteiger partial charge is 0.397 e.